The van der Waals surface area contributed by atoms with E-state index in [4.69, 9.17) is 10.5 Å². The van der Waals surface area contributed by atoms with Crippen molar-refractivity contribution < 1.29 is 9.53 Å². The highest BCUT2D eigenvalue weighted by Gasteiger charge is 2.36. The lowest BCUT2D eigenvalue weighted by molar-refractivity contribution is -0.127. The van der Waals surface area contributed by atoms with Crippen molar-refractivity contribution in [3.63, 3.8) is 0 Å². The first kappa shape index (κ1) is 19.8. The number of carbonyl (C=O) groups is 1. The van der Waals surface area contributed by atoms with Crippen molar-refractivity contribution in [1.82, 2.24) is 15.3 Å². The number of nitrogens with zero attached hydrogens (tertiary/aromatic N) is 3. The van der Waals surface area contributed by atoms with Gasteiger partial charge >= 0.3 is 6.01 Å². The van der Waals surface area contributed by atoms with E-state index in [2.05, 4.69) is 21.4 Å². The van der Waals surface area contributed by atoms with E-state index in [0.717, 1.165) is 36.0 Å². The highest BCUT2D eigenvalue weighted by molar-refractivity contribution is 5.86. The maximum absolute atomic E-state index is 12.6. The van der Waals surface area contributed by atoms with Crippen LogP contribution in [-0.4, -0.2) is 34.6 Å². The van der Waals surface area contributed by atoms with Crippen LogP contribution in [0.1, 0.15) is 37.7 Å². The molecule has 0 spiro atoms. The molecule has 146 valence electrons. The predicted molar refractivity (Wildman–Crippen MR) is 105 cm³/mol. The molecule has 1 aromatic carbocycles. The molecule has 28 heavy (non-hydrogen) atoms. The number of nitriles is 1. The summed E-state index contributed by atoms with van der Waals surface area (Å²) >= 11 is 0. The smallest absolute Gasteiger partial charge is 0.316 e. The Hall–Kier alpha value is -2.98. The number of ether oxygens (including phenoxy) is 1. The van der Waals surface area contributed by atoms with Gasteiger partial charge in [-0.05, 0) is 24.0 Å². The van der Waals surface area contributed by atoms with Crippen LogP contribution in [0.25, 0.3) is 11.1 Å². The van der Waals surface area contributed by atoms with Gasteiger partial charge in [0, 0.05) is 24.4 Å². The molecule has 1 heterocycles. The van der Waals surface area contributed by atoms with Gasteiger partial charge in [-0.3, -0.25) is 4.79 Å². The molecule has 1 aromatic heterocycles. The minimum Gasteiger partial charge on any atom is -0.467 e. The summed E-state index contributed by atoms with van der Waals surface area (Å²) < 4.78 is 4.97. The number of benzene rings is 1. The minimum absolute atomic E-state index is 0.217. The van der Waals surface area contributed by atoms with Gasteiger partial charge in [0.1, 0.15) is 6.04 Å². The van der Waals surface area contributed by atoms with Crippen LogP contribution in [0.15, 0.2) is 36.7 Å². The maximum atomic E-state index is 12.6. The zero-order valence-electron chi connectivity index (χ0n) is 16.0. The monoisotopic (exact) mass is 379 g/mol. The fourth-order valence-corrected chi connectivity index (χ4v) is 3.48. The molecule has 0 aliphatic heterocycles. The normalized spacial score (nSPS) is 16.6. The van der Waals surface area contributed by atoms with Crippen molar-refractivity contribution in [1.29, 1.82) is 5.26 Å². The van der Waals surface area contributed by atoms with Crippen molar-refractivity contribution in [2.45, 2.75) is 50.1 Å². The first-order valence-corrected chi connectivity index (χ1v) is 9.49. The van der Waals surface area contributed by atoms with Crippen molar-refractivity contribution in [3.05, 3.63) is 42.2 Å². The second-order valence-corrected chi connectivity index (χ2v) is 7.23. The number of aromatic nitrogens is 2. The number of nitrogens with two attached hydrogens (primary N) is 1. The number of nitrogens with one attached hydrogen (secondary N) is 1. The van der Waals surface area contributed by atoms with E-state index in [1.807, 2.05) is 24.3 Å². The van der Waals surface area contributed by atoms with Crippen molar-refractivity contribution in [2.75, 3.05) is 7.11 Å². The third kappa shape index (κ3) is 4.65. The average Bonchev–Trinajstić information content (AvgIpc) is 2.74. The number of hydrogen-bond donors (Lipinski definition) is 2. The number of carbonyl (C=O) groups excluding carboxylic acids is 1. The summed E-state index contributed by atoms with van der Waals surface area (Å²) in [6.45, 7) is 0. The fourth-order valence-electron chi connectivity index (χ4n) is 3.48. The summed E-state index contributed by atoms with van der Waals surface area (Å²) in [4.78, 5) is 20.8. The third-order valence-electron chi connectivity index (χ3n) is 5.20. The van der Waals surface area contributed by atoms with Crippen molar-refractivity contribution in [2.24, 2.45) is 5.73 Å². The number of rotatable bonds is 6. The molecule has 7 heteroatoms. The van der Waals surface area contributed by atoms with Gasteiger partial charge in [-0.25, -0.2) is 9.97 Å². The molecule has 2 aromatic rings. The summed E-state index contributed by atoms with van der Waals surface area (Å²) in [6, 6.07) is 9.66. The van der Waals surface area contributed by atoms with Crippen molar-refractivity contribution in [3.8, 4) is 23.2 Å². The lowest BCUT2D eigenvalue weighted by Gasteiger charge is -2.32. The lowest BCUT2D eigenvalue weighted by atomic mass is 9.81. The molecule has 1 saturated carbocycles. The van der Waals surface area contributed by atoms with Crippen LogP contribution in [0, 0.1) is 11.3 Å². The van der Waals surface area contributed by atoms with Crippen LogP contribution in [-0.2, 0) is 11.2 Å². The maximum Gasteiger partial charge on any atom is 0.316 e. The number of methoxy groups -OCH3 is 1. The van der Waals surface area contributed by atoms with Gasteiger partial charge in [0.15, 0.2) is 0 Å². The molecule has 0 unspecified atom stereocenters. The highest BCUT2D eigenvalue weighted by Crippen LogP contribution is 2.26. The van der Waals surface area contributed by atoms with Crippen LogP contribution in [0.5, 0.6) is 6.01 Å². The Labute approximate surface area is 164 Å². The molecule has 0 radical (unpaired) electrons. The Bertz CT molecular complexity index is 837. The molecule has 3 N–H and O–H groups in total. The topological polar surface area (TPSA) is 114 Å². The van der Waals surface area contributed by atoms with E-state index < -0.39 is 11.6 Å². The summed E-state index contributed by atoms with van der Waals surface area (Å²) in [5, 5.41) is 12.3. The SMILES string of the molecule is COc1ncc(-c2ccc(C[C@@H](C#N)NC(=O)C3(N)CCCCC3)cc2)cn1. The Morgan fingerprint density at radius 2 is 1.86 bits per heavy atom. The summed E-state index contributed by atoms with van der Waals surface area (Å²) in [5.41, 5.74) is 8.22. The zero-order valence-corrected chi connectivity index (χ0v) is 16.0. The van der Waals surface area contributed by atoms with E-state index in [1.165, 1.54) is 7.11 Å². The van der Waals surface area contributed by atoms with Gasteiger partial charge in [0.2, 0.25) is 5.91 Å². The Morgan fingerprint density at radius 3 is 2.43 bits per heavy atom. The van der Waals surface area contributed by atoms with Gasteiger partial charge in [-0.2, -0.15) is 5.26 Å². The third-order valence-corrected chi connectivity index (χ3v) is 5.20. The molecular weight excluding hydrogens is 354 g/mol. The largest absolute Gasteiger partial charge is 0.467 e. The van der Waals surface area contributed by atoms with Gasteiger partial charge < -0.3 is 15.8 Å². The van der Waals surface area contributed by atoms with E-state index in [0.29, 0.717) is 25.3 Å². The second kappa shape index (κ2) is 8.81. The lowest BCUT2D eigenvalue weighted by Crippen LogP contribution is -2.57. The van der Waals surface area contributed by atoms with Gasteiger partial charge in [-0.1, -0.05) is 43.5 Å². The van der Waals surface area contributed by atoms with E-state index in [1.54, 1.807) is 12.4 Å². The summed E-state index contributed by atoms with van der Waals surface area (Å²) in [6.07, 6.45) is 8.20. The van der Waals surface area contributed by atoms with Gasteiger partial charge in [0.25, 0.3) is 0 Å². The van der Waals surface area contributed by atoms with Gasteiger partial charge in [-0.15, -0.1) is 0 Å². The molecule has 3 rings (SSSR count). The molecule has 1 aliphatic carbocycles. The second-order valence-electron chi connectivity index (χ2n) is 7.23. The zero-order chi connectivity index (χ0) is 20.0. The molecular formula is C21H25N5O2. The van der Waals surface area contributed by atoms with Crippen LogP contribution in [0.3, 0.4) is 0 Å². The summed E-state index contributed by atoms with van der Waals surface area (Å²) in [5.74, 6) is -0.217. The average molecular weight is 379 g/mol. The first-order chi connectivity index (χ1) is 13.5. The molecule has 7 nitrogen and oxygen atoms in total. The molecule has 1 amide bonds. The fraction of sp³-hybridized carbons (Fsp3) is 0.429. The van der Waals surface area contributed by atoms with Crippen LogP contribution < -0.4 is 15.8 Å². The van der Waals surface area contributed by atoms with Crippen molar-refractivity contribution >= 4 is 5.91 Å². The van der Waals surface area contributed by atoms with Crippen LogP contribution >= 0.6 is 0 Å². The minimum atomic E-state index is -0.842. The summed E-state index contributed by atoms with van der Waals surface area (Å²) in [7, 11) is 1.52. The molecule has 1 fully saturated rings. The molecule has 0 bridgehead atoms. The Kier molecular flexibility index (Phi) is 6.22. The van der Waals surface area contributed by atoms with Crippen LogP contribution in [0.4, 0.5) is 0 Å². The first-order valence-electron chi connectivity index (χ1n) is 9.49. The molecule has 1 atom stereocenters. The number of hydrogen-bond acceptors (Lipinski definition) is 6. The van der Waals surface area contributed by atoms with E-state index in [-0.39, 0.29) is 5.91 Å². The highest BCUT2D eigenvalue weighted by atomic mass is 16.5. The Balaban J connectivity index is 1.63. The molecule has 0 saturated heterocycles. The quantitative estimate of drug-likeness (QED) is 0.796. The van der Waals surface area contributed by atoms with E-state index >= 15 is 0 Å². The predicted octanol–water partition coefficient (Wildman–Crippen LogP) is 2.36. The van der Waals surface area contributed by atoms with Gasteiger partial charge in [0.05, 0.1) is 18.7 Å². The number of amides is 1. The molecule has 1 aliphatic rings. The van der Waals surface area contributed by atoms with E-state index in [9.17, 15) is 10.1 Å². The Morgan fingerprint density at radius 1 is 1.21 bits per heavy atom. The van der Waals surface area contributed by atoms with Crippen LogP contribution in [0.2, 0.25) is 0 Å². The standard InChI is InChI=1S/C21H25N5O2/c1-28-20-24-13-17(14-25-20)16-7-5-15(6-8-16)11-18(12-22)26-19(27)21(23)9-3-2-4-10-21/h5-8,13-14,18H,2-4,9-11,23H2,1H3,(H,26,27)/t18-/m0/s1.